The number of nitrogens with zero attached hydrogens (tertiary/aromatic N) is 2. The highest BCUT2D eigenvalue weighted by atomic mass is 35.5. The summed E-state index contributed by atoms with van der Waals surface area (Å²) in [4.78, 5) is 4.86. The molecule has 3 aromatic carbocycles. The maximum absolute atomic E-state index is 9.80. The van der Waals surface area contributed by atoms with Gasteiger partial charge in [-0.1, -0.05) is 65.7 Å². The average Bonchev–Trinajstić information content (AvgIpc) is 2.70. The highest BCUT2D eigenvalue weighted by Gasteiger charge is 2.34. The van der Waals surface area contributed by atoms with E-state index >= 15 is 0 Å². The van der Waals surface area contributed by atoms with Gasteiger partial charge in [-0.15, -0.1) is 0 Å². The molecule has 0 bridgehead atoms. The first-order chi connectivity index (χ1) is 14.0. The van der Waals surface area contributed by atoms with E-state index < -0.39 is 0 Å². The van der Waals surface area contributed by atoms with Crippen LogP contribution in [0.1, 0.15) is 24.1 Å². The molecule has 1 saturated heterocycles. The molecule has 0 amide bonds. The van der Waals surface area contributed by atoms with Crippen LogP contribution in [0.15, 0.2) is 72.8 Å². The highest BCUT2D eigenvalue weighted by molar-refractivity contribution is 6.33. The summed E-state index contributed by atoms with van der Waals surface area (Å²) < 4.78 is 0. The standard InChI is InChI=1S/C24H24Cl2N2O/c1-17-14-27(15-18-5-3-2-4-6-18)16-24(19-7-9-20(25)10-8-19)28(17)23-12-11-21(29)13-22(23)26/h2-13,17,24,29H,14-16H2,1H3/t17-,24?/m0/s1. The molecule has 1 heterocycles. The highest BCUT2D eigenvalue weighted by Crippen LogP contribution is 2.39. The van der Waals surface area contributed by atoms with E-state index in [4.69, 9.17) is 23.2 Å². The lowest BCUT2D eigenvalue weighted by atomic mass is 9.97. The number of phenols is 1. The molecule has 1 N–H and O–H groups in total. The van der Waals surface area contributed by atoms with Gasteiger partial charge in [0, 0.05) is 36.8 Å². The Morgan fingerprint density at radius 3 is 2.34 bits per heavy atom. The quantitative estimate of drug-likeness (QED) is 0.541. The Hall–Kier alpha value is -2.20. The third-order valence-corrected chi connectivity index (χ3v) is 6.03. The van der Waals surface area contributed by atoms with Crippen molar-refractivity contribution in [2.24, 2.45) is 0 Å². The molecule has 0 aliphatic carbocycles. The fourth-order valence-electron chi connectivity index (χ4n) is 4.21. The summed E-state index contributed by atoms with van der Waals surface area (Å²) in [6.07, 6.45) is 0. The number of rotatable bonds is 4. The van der Waals surface area contributed by atoms with Gasteiger partial charge in [-0.3, -0.25) is 4.90 Å². The number of hydrogen-bond donors (Lipinski definition) is 1. The molecule has 0 spiro atoms. The van der Waals surface area contributed by atoms with E-state index in [9.17, 15) is 5.11 Å². The molecule has 3 nitrogen and oxygen atoms in total. The van der Waals surface area contributed by atoms with Crippen LogP contribution in [0.2, 0.25) is 10.0 Å². The lowest BCUT2D eigenvalue weighted by Crippen LogP contribution is -2.53. The van der Waals surface area contributed by atoms with E-state index in [1.54, 1.807) is 12.1 Å². The third-order valence-electron chi connectivity index (χ3n) is 5.48. The molecule has 1 aliphatic rings. The Morgan fingerprint density at radius 1 is 0.931 bits per heavy atom. The van der Waals surface area contributed by atoms with Crippen molar-refractivity contribution in [1.29, 1.82) is 0 Å². The zero-order valence-corrected chi connectivity index (χ0v) is 17.8. The van der Waals surface area contributed by atoms with Crippen LogP contribution >= 0.6 is 23.2 Å². The van der Waals surface area contributed by atoms with Crippen LogP contribution in [0.4, 0.5) is 5.69 Å². The van der Waals surface area contributed by atoms with Gasteiger partial charge < -0.3 is 10.0 Å². The Labute approximate surface area is 182 Å². The van der Waals surface area contributed by atoms with Crippen LogP contribution in [0.5, 0.6) is 5.75 Å². The first kappa shape index (κ1) is 20.1. The number of aromatic hydroxyl groups is 1. The lowest BCUT2D eigenvalue weighted by Gasteiger charge is -2.47. The number of hydrogen-bond acceptors (Lipinski definition) is 3. The van der Waals surface area contributed by atoms with E-state index in [0.717, 1.165) is 30.3 Å². The van der Waals surface area contributed by atoms with Gasteiger partial charge in [0.25, 0.3) is 0 Å². The first-order valence-corrected chi connectivity index (χ1v) is 10.6. The third kappa shape index (κ3) is 4.53. The second kappa shape index (κ2) is 8.66. The molecule has 0 aromatic heterocycles. The van der Waals surface area contributed by atoms with Gasteiger partial charge in [0.05, 0.1) is 16.8 Å². The average molecular weight is 427 g/mol. The van der Waals surface area contributed by atoms with E-state index in [-0.39, 0.29) is 17.8 Å². The minimum Gasteiger partial charge on any atom is -0.508 e. The van der Waals surface area contributed by atoms with Crippen LogP contribution in [0.25, 0.3) is 0 Å². The van der Waals surface area contributed by atoms with Crippen molar-refractivity contribution in [3.05, 3.63) is 94.0 Å². The van der Waals surface area contributed by atoms with Gasteiger partial charge in [-0.2, -0.15) is 0 Å². The Kier molecular flexibility index (Phi) is 6.00. The van der Waals surface area contributed by atoms with Crippen LogP contribution in [-0.4, -0.2) is 29.1 Å². The number of anilines is 1. The first-order valence-electron chi connectivity index (χ1n) is 9.80. The van der Waals surface area contributed by atoms with Crippen LogP contribution in [0, 0.1) is 0 Å². The predicted octanol–water partition coefficient (Wildman–Crippen LogP) is 6.15. The topological polar surface area (TPSA) is 26.7 Å². The maximum atomic E-state index is 9.80. The zero-order chi connectivity index (χ0) is 20.4. The minimum atomic E-state index is 0.127. The fraction of sp³-hybridized carbons (Fsp3) is 0.250. The molecule has 1 aliphatic heterocycles. The second-order valence-electron chi connectivity index (χ2n) is 7.64. The summed E-state index contributed by atoms with van der Waals surface area (Å²) in [6, 6.07) is 24.2. The van der Waals surface area contributed by atoms with Crippen molar-refractivity contribution in [1.82, 2.24) is 4.90 Å². The summed E-state index contributed by atoms with van der Waals surface area (Å²) >= 11 is 12.7. The van der Waals surface area contributed by atoms with Crippen LogP contribution in [0.3, 0.4) is 0 Å². The zero-order valence-electron chi connectivity index (χ0n) is 16.3. The van der Waals surface area contributed by atoms with Gasteiger partial charge in [-0.25, -0.2) is 0 Å². The molecule has 5 heteroatoms. The molecule has 0 saturated carbocycles. The number of halogens is 2. The van der Waals surface area contributed by atoms with Gasteiger partial charge in [0.1, 0.15) is 5.75 Å². The number of benzene rings is 3. The smallest absolute Gasteiger partial charge is 0.117 e. The van der Waals surface area contributed by atoms with Crippen molar-refractivity contribution >= 4 is 28.9 Å². The van der Waals surface area contributed by atoms with Crippen molar-refractivity contribution in [3.8, 4) is 5.75 Å². The Bertz CT molecular complexity index is 962. The number of phenolic OH excluding ortho intramolecular Hbond substituents is 1. The molecular formula is C24H24Cl2N2O. The molecule has 3 aromatic rings. The maximum Gasteiger partial charge on any atom is 0.117 e. The van der Waals surface area contributed by atoms with E-state index in [0.29, 0.717) is 5.02 Å². The summed E-state index contributed by atoms with van der Waals surface area (Å²) in [6.45, 7) is 4.93. The molecule has 4 rings (SSSR count). The van der Waals surface area contributed by atoms with Gasteiger partial charge in [0.2, 0.25) is 0 Å². The molecule has 1 unspecified atom stereocenters. The summed E-state index contributed by atoms with van der Waals surface area (Å²) in [7, 11) is 0. The normalized spacial score (nSPS) is 20.0. The predicted molar refractivity (Wildman–Crippen MR) is 121 cm³/mol. The van der Waals surface area contributed by atoms with Gasteiger partial charge in [-0.05, 0) is 42.3 Å². The van der Waals surface area contributed by atoms with Crippen molar-refractivity contribution in [2.75, 3.05) is 18.0 Å². The summed E-state index contributed by atoms with van der Waals surface area (Å²) in [5.41, 5.74) is 3.45. The Morgan fingerprint density at radius 2 is 1.66 bits per heavy atom. The lowest BCUT2D eigenvalue weighted by molar-refractivity contribution is 0.187. The summed E-state index contributed by atoms with van der Waals surface area (Å²) in [5, 5.41) is 11.1. The monoisotopic (exact) mass is 426 g/mol. The molecular weight excluding hydrogens is 403 g/mol. The van der Waals surface area contributed by atoms with Gasteiger partial charge >= 0.3 is 0 Å². The molecule has 150 valence electrons. The second-order valence-corrected chi connectivity index (χ2v) is 8.48. The van der Waals surface area contributed by atoms with Crippen LogP contribution in [-0.2, 0) is 6.54 Å². The van der Waals surface area contributed by atoms with Gasteiger partial charge in [0.15, 0.2) is 0 Å². The minimum absolute atomic E-state index is 0.127. The molecule has 29 heavy (non-hydrogen) atoms. The largest absolute Gasteiger partial charge is 0.508 e. The van der Waals surface area contributed by atoms with Crippen molar-refractivity contribution in [3.63, 3.8) is 0 Å². The number of piperazine rings is 1. The molecule has 1 fully saturated rings. The van der Waals surface area contributed by atoms with E-state index in [1.807, 2.05) is 24.3 Å². The van der Waals surface area contributed by atoms with E-state index in [1.165, 1.54) is 11.1 Å². The van der Waals surface area contributed by atoms with Crippen molar-refractivity contribution in [2.45, 2.75) is 25.6 Å². The molecule has 0 radical (unpaired) electrons. The molecule has 2 atom stereocenters. The SMILES string of the molecule is C[C@H]1CN(Cc2ccccc2)CC(c2ccc(Cl)cc2)N1c1ccc(O)cc1Cl. The van der Waals surface area contributed by atoms with Crippen LogP contribution < -0.4 is 4.90 Å². The Balaban J connectivity index is 1.68. The summed E-state index contributed by atoms with van der Waals surface area (Å²) in [5.74, 6) is 0.178. The van der Waals surface area contributed by atoms with E-state index in [2.05, 4.69) is 53.1 Å². The fourth-order valence-corrected chi connectivity index (χ4v) is 4.61. The van der Waals surface area contributed by atoms with Crippen molar-refractivity contribution < 1.29 is 5.11 Å².